The molecule has 0 heterocycles. The molecule has 0 spiro atoms. The summed E-state index contributed by atoms with van der Waals surface area (Å²) in [6, 6.07) is 9.24. The highest BCUT2D eigenvalue weighted by Crippen LogP contribution is 2.44. The molecule has 1 heteroatoms. The lowest BCUT2D eigenvalue weighted by atomic mass is 9.68. The Morgan fingerprint density at radius 3 is 2.17 bits per heavy atom. The van der Waals surface area contributed by atoms with E-state index in [2.05, 4.69) is 49.9 Å². The van der Waals surface area contributed by atoms with E-state index in [-0.39, 0.29) is 0 Å². The van der Waals surface area contributed by atoms with Crippen LogP contribution in [0.2, 0.25) is 0 Å². The molecule has 2 saturated carbocycles. The molecule has 1 aromatic rings. The Labute approximate surface area is 179 Å². The van der Waals surface area contributed by atoms with Gasteiger partial charge in [-0.3, -0.25) is 0 Å². The average molecular weight is 395 g/mol. The maximum atomic E-state index is 5.69. The van der Waals surface area contributed by atoms with Gasteiger partial charge in [0.25, 0.3) is 0 Å². The third-order valence-electron chi connectivity index (χ3n) is 7.49. The zero-order valence-corrected chi connectivity index (χ0v) is 18.7. The number of rotatable bonds is 10. The highest BCUT2D eigenvalue weighted by molar-refractivity contribution is 5.25. The van der Waals surface area contributed by atoms with Crippen LogP contribution in [0.3, 0.4) is 0 Å². The van der Waals surface area contributed by atoms with Gasteiger partial charge < -0.3 is 4.74 Å². The van der Waals surface area contributed by atoms with Crippen molar-refractivity contribution in [2.24, 2.45) is 17.8 Å². The number of hydrogen-bond donors (Lipinski definition) is 0. The molecule has 0 unspecified atom stereocenters. The molecule has 0 radical (unpaired) electrons. The van der Waals surface area contributed by atoms with Gasteiger partial charge in [0.2, 0.25) is 0 Å². The first kappa shape index (κ1) is 22.3. The summed E-state index contributed by atoms with van der Waals surface area (Å²) in [5.74, 6) is 3.79. The van der Waals surface area contributed by atoms with Crippen molar-refractivity contribution in [1.82, 2.24) is 0 Å². The lowest BCUT2D eigenvalue weighted by Crippen LogP contribution is -2.25. The van der Waals surface area contributed by atoms with Crippen LogP contribution in [-0.4, -0.2) is 6.61 Å². The van der Waals surface area contributed by atoms with Gasteiger partial charge in [-0.2, -0.15) is 0 Å². The molecule has 3 rings (SSSR count). The van der Waals surface area contributed by atoms with Gasteiger partial charge in [0, 0.05) is 0 Å². The first-order valence-electron chi connectivity index (χ1n) is 12.2. The number of allylic oxidation sites excluding steroid dienone is 2. The third kappa shape index (κ3) is 7.14. The van der Waals surface area contributed by atoms with E-state index in [1.54, 1.807) is 5.56 Å². The quantitative estimate of drug-likeness (QED) is 0.287. The summed E-state index contributed by atoms with van der Waals surface area (Å²) in [5, 5.41) is 0. The predicted octanol–water partition coefficient (Wildman–Crippen LogP) is 8.22. The van der Waals surface area contributed by atoms with Crippen molar-refractivity contribution >= 4 is 0 Å². The zero-order chi connectivity index (χ0) is 20.3. The van der Waals surface area contributed by atoms with Crippen molar-refractivity contribution in [3.63, 3.8) is 0 Å². The van der Waals surface area contributed by atoms with Crippen molar-refractivity contribution in [2.45, 2.75) is 90.1 Å². The van der Waals surface area contributed by atoms with Crippen molar-refractivity contribution in [3.05, 3.63) is 60.2 Å². The number of ether oxygens (including phenoxy) is 1. The molecule has 0 aromatic heterocycles. The van der Waals surface area contributed by atoms with Crippen LogP contribution < -0.4 is 0 Å². The van der Waals surface area contributed by atoms with Gasteiger partial charge in [-0.25, -0.2) is 0 Å². The van der Waals surface area contributed by atoms with Crippen LogP contribution in [-0.2, 0) is 11.3 Å². The van der Waals surface area contributed by atoms with Gasteiger partial charge in [0.1, 0.15) is 0 Å². The Bertz CT molecular complexity index is 598. The maximum Gasteiger partial charge on any atom is 0.0717 e. The first-order chi connectivity index (χ1) is 14.3. The van der Waals surface area contributed by atoms with E-state index in [0.29, 0.717) is 0 Å². The summed E-state index contributed by atoms with van der Waals surface area (Å²) in [6.45, 7) is 7.37. The molecular formula is C28H42O. The third-order valence-corrected chi connectivity index (χ3v) is 7.49. The van der Waals surface area contributed by atoms with Crippen molar-refractivity contribution in [2.75, 3.05) is 6.61 Å². The molecule has 1 aromatic carbocycles. The van der Waals surface area contributed by atoms with Gasteiger partial charge in [0.05, 0.1) is 13.2 Å². The molecule has 29 heavy (non-hydrogen) atoms. The molecular weight excluding hydrogens is 352 g/mol. The van der Waals surface area contributed by atoms with E-state index in [1.807, 2.05) is 6.08 Å². The second-order valence-electron chi connectivity index (χ2n) is 9.41. The van der Waals surface area contributed by atoms with E-state index >= 15 is 0 Å². The monoisotopic (exact) mass is 394 g/mol. The minimum Gasteiger partial charge on any atom is -0.376 e. The minimum atomic E-state index is 0.721. The topological polar surface area (TPSA) is 9.23 Å². The molecule has 0 atom stereocenters. The van der Waals surface area contributed by atoms with Crippen LogP contribution >= 0.6 is 0 Å². The van der Waals surface area contributed by atoms with Crippen LogP contribution in [0.4, 0.5) is 0 Å². The highest BCUT2D eigenvalue weighted by atomic mass is 16.5. The summed E-state index contributed by atoms with van der Waals surface area (Å²) >= 11 is 0. The molecule has 0 N–H and O–H groups in total. The fraction of sp³-hybridized carbons (Fsp3) is 0.643. The van der Waals surface area contributed by atoms with E-state index in [9.17, 15) is 0 Å². The zero-order valence-electron chi connectivity index (χ0n) is 18.7. The minimum absolute atomic E-state index is 0.721. The van der Waals surface area contributed by atoms with Gasteiger partial charge >= 0.3 is 0 Å². The number of benzene rings is 1. The second-order valence-corrected chi connectivity index (χ2v) is 9.41. The van der Waals surface area contributed by atoms with Gasteiger partial charge in [-0.1, -0.05) is 55.3 Å². The van der Waals surface area contributed by atoms with E-state index < -0.39 is 0 Å². The summed E-state index contributed by atoms with van der Waals surface area (Å²) in [4.78, 5) is 0. The van der Waals surface area contributed by atoms with Crippen molar-refractivity contribution in [3.8, 4) is 0 Å². The number of hydrogen-bond acceptors (Lipinski definition) is 1. The van der Waals surface area contributed by atoms with E-state index in [0.717, 1.165) is 43.3 Å². The molecule has 0 amide bonds. The fourth-order valence-corrected chi connectivity index (χ4v) is 5.61. The van der Waals surface area contributed by atoms with Gasteiger partial charge in [-0.05, 0) is 99.5 Å². The Kier molecular flexibility index (Phi) is 9.54. The molecule has 2 aliphatic carbocycles. The van der Waals surface area contributed by atoms with Crippen LogP contribution in [0.25, 0.3) is 0 Å². The average Bonchev–Trinajstić information content (AvgIpc) is 2.78. The van der Waals surface area contributed by atoms with Crippen molar-refractivity contribution in [1.29, 1.82) is 0 Å². The highest BCUT2D eigenvalue weighted by Gasteiger charge is 2.31. The second kappa shape index (κ2) is 12.4. The first-order valence-corrected chi connectivity index (χ1v) is 12.2. The fourth-order valence-electron chi connectivity index (χ4n) is 5.61. The van der Waals surface area contributed by atoms with Crippen LogP contribution in [0.5, 0.6) is 0 Å². The lowest BCUT2D eigenvalue weighted by Gasteiger charge is -2.38. The summed E-state index contributed by atoms with van der Waals surface area (Å²) in [6.07, 6.45) is 21.7. The Hall–Kier alpha value is -1.34. The normalized spacial score (nSPS) is 27.9. The Balaban J connectivity index is 1.37. The van der Waals surface area contributed by atoms with Gasteiger partial charge in [0.15, 0.2) is 0 Å². The van der Waals surface area contributed by atoms with Crippen molar-refractivity contribution < 1.29 is 4.74 Å². The van der Waals surface area contributed by atoms with Crippen LogP contribution in [0.15, 0.2) is 49.1 Å². The summed E-state index contributed by atoms with van der Waals surface area (Å²) in [7, 11) is 0. The molecule has 160 valence electrons. The van der Waals surface area contributed by atoms with E-state index in [4.69, 9.17) is 4.74 Å². The summed E-state index contributed by atoms with van der Waals surface area (Å²) in [5.41, 5.74) is 2.84. The predicted molar refractivity (Wildman–Crippen MR) is 125 cm³/mol. The molecule has 0 bridgehead atoms. The summed E-state index contributed by atoms with van der Waals surface area (Å²) < 4.78 is 5.69. The largest absolute Gasteiger partial charge is 0.376 e. The standard InChI is InChI=1S/C28H42O/c1-3-5-7-8-23-9-13-25(14-10-23)27-17-19-28(20-18-27)26-15-11-24(12-16-26)22-29-21-6-4-2/h3-5,11-12,15-16,23,25,27-28H,2,6-10,13-14,17-22H2,1H3. The molecule has 2 aliphatic rings. The molecule has 1 nitrogen and oxygen atoms in total. The molecule has 0 aliphatic heterocycles. The Morgan fingerprint density at radius 2 is 1.55 bits per heavy atom. The van der Waals surface area contributed by atoms with Gasteiger partial charge in [-0.15, -0.1) is 6.58 Å². The SMILES string of the molecule is C=CCCOCc1ccc(C2CCC(C3CCC(CCC=CC)CC3)CC2)cc1. The van der Waals surface area contributed by atoms with E-state index in [1.165, 1.54) is 69.8 Å². The Morgan fingerprint density at radius 1 is 0.897 bits per heavy atom. The van der Waals surface area contributed by atoms with Crippen LogP contribution in [0.1, 0.15) is 94.6 Å². The smallest absolute Gasteiger partial charge is 0.0717 e. The van der Waals surface area contributed by atoms with Crippen LogP contribution in [0, 0.1) is 17.8 Å². The maximum absolute atomic E-state index is 5.69. The molecule has 0 saturated heterocycles. The lowest BCUT2D eigenvalue weighted by molar-refractivity contribution is 0.125. The molecule has 2 fully saturated rings.